The zero-order valence-corrected chi connectivity index (χ0v) is 15.2. The van der Waals surface area contributed by atoms with Gasteiger partial charge in [-0.25, -0.2) is 9.18 Å². The SMILES string of the molecule is CC(=O)Nc1cccc(NC(=O)c2cc(-c3cc(C)ccc3F)nc(=O)[nH]2)c1. The molecule has 0 unspecified atom stereocenters. The minimum atomic E-state index is -0.768. The molecule has 3 aromatic rings. The summed E-state index contributed by atoms with van der Waals surface area (Å²) < 4.78 is 14.1. The summed E-state index contributed by atoms with van der Waals surface area (Å²) in [6, 6.07) is 12.3. The van der Waals surface area contributed by atoms with Gasteiger partial charge in [0.25, 0.3) is 5.91 Å². The van der Waals surface area contributed by atoms with Crippen LogP contribution in [0.15, 0.2) is 53.3 Å². The number of benzene rings is 2. The number of rotatable bonds is 4. The van der Waals surface area contributed by atoms with Crippen molar-refractivity contribution in [2.75, 3.05) is 10.6 Å². The van der Waals surface area contributed by atoms with Gasteiger partial charge in [-0.05, 0) is 43.3 Å². The fourth-order valence-corrected chi connectivity index (χ4v) is 2.63. The smallest absolute Gasteiger partial charge is 0.326 e. The molecule has 0 fully saturated rings. The highest BCUT2D eigenvalue weighted by Gasteiger charge is 2.14. The van der Waals surface area contributed by atoms with Crippen LogP contribution in [0.5, 0.6) is 0 Å². The molecule has 1 heterocycles. The number of aromatic nitrogens is 2. The van der Waals surface area contributed by atoms with E-state index in [1.165, 1.54) is 19.1 Å². The highest BCUT2D eigenvalue weighted by atomic mass is 19.1. The summed E-state index contributed by atoms with van der Waals surface area (Å²) in [6.45, 7) is 3.16. The molecule has 0 radical (unpaired) electrons. The van der Waals surface area contributed by atoms with Crippen molar-refractivity contribution in [1.82, 2.24) is 9.97 Å². The third-order valence-electron chi connectivity index (χ3n) is 3.83. The van der Waals surface area contributed by atoms with Crippen molar-refractivity contribution < 1.29 is 14.0 Å². The molecule has 28 heavy (non-hydrogen) atoms. The number of anilines is 2. The summed E-state index contributed by atoms with van der Waals surface area (Å²) >= 11 is 0. The van der Waals surface area contributed by atoms with Crippen LogP contribution in [0.2, 0.25) is 0 Å². The molecular weight excluding hydrogens is 363 g/mol. The number of carbonyl (C=O) groups excluding carboxylic acids is 2. The predicted octanol–water partition coefficient (Wildman–Crippen LogP) is 3.10. The van der Waals surface area contributed by atoms with Gasteiger partial charge in [0.1, 0.15) is 11.5 Å². The van der Waals surface area contributed by atoms with E-state index in [9.17, 15) is 18.8 Å². The lowest BCUT2D eigenvalue weighted by molar-refractivity contribution is -0.114. The Morgan fingerprint density at radius 2 is 1.75 bits per heavy atom. The van der Waals surface area contributed by atoms with Crippen LogP contribution in [-0.4, -0.2) is 21.8 Å². The number of hydrogen-bond donors (Lipinski definition) is 3. The molecule has 0 aliphatic rings. The van der Waals surface area contributed by atoms with Crippen LogP contribution in [0.1, 0.15) is 23.0 Å². The lowest BCUT2D eigenvalue weighted by Crippen LogP contribution is -2.21. The molecule has 3 N–H and O–H groups in total. The molecule has 142 valence electrons. The molecular formula is C20H17FN4O3. The van der Waals surface area contributed by atoms with Gasteiger partial charge in [0.2, 0.25) is 5.91 Å². The molecule has 0 aliphatic carbocycles. The summed E-state index contributed by atoms with van der Waals surface area (Å²) in [4.78, 5) is 41.7. The topological polar surface area (TPSA) is 104 Å². The van der Waals surface area contributed by atoms with Gasteiger partial charge in [-0.15, -0.1) is 0 Å². The van der Waals surface area contributed by atoms with Gasteiger partial charge in [0, 0.05) is 23.9 Å². The molecule has 0 saturated heterocycles. The number of carbonyl (C=O) groups is 2. The van der Waals surface area contributed by atoms with Crippen molar-refractivity contribution in [3.8, 4) is 11.3 Å². The Balaban J connectivity index is 1.91. The van der Waals surface area contributed by atoms with Crippen molar-refractivity contribution >= 4 is 23.2 Å². The Morgan fingerprint density at radius 3 is 2.46 bits per heavy atom. The molecule has 2 amide bonds. The number of hydrogen-bond acceptors (Lipinski definition) is 4. The first kappa shape index (κ1) is 19.0. The number of aromatic amines is 1. The molecule has 1 aromatic heterocycles. The van der Waals surface area contributed by atoms with Crippen LogP contribution in [0, 0.1) is 12.7 Å². The van der Waals surface area contributed by atoms with Crippen LogP contribution in [-0.2, 0) is 4.79 Å². The zero-order valence-electron chi connectivity index (χ0n) is 15.2. The highest BCUT2D eigenvalue weighted by Crippen LogP contribution is 2.22. The van der Waals surface area contributed by atoms with E-state index in [4.69, 9.17) is 0 Å². The molecule has 0 saturated carbocycles. The number of halogens is 1. The molecule has 7 nitrogen and oxygen atoms in total. The van der Waals surface area contributed by atoms with Gasteiger partial charge >= 0.3 is 5.69 Å². The average molecular weight is 380 g/mol. The van der Waals surface area contributed by atoms with Crippen LogP contribution in [0.3, 0.4) is 0 Å². The molecule has 2 aromatic carbocycles. The highest BCUT2D eigenvalue weighted by molar-refractivity contribution is 6.03. The van der Waals surface area contributed by atoms with Gasteiger partial charge in [0.05, 0.1) is 5.69 Å². The Bertz CT molecular complexity index is 1120. The second kappa shape index (κ2) is 7.83. The summed E-state index contributed by atoms with van der Waals surface area (Å²) in [6.07, 6.45) is 0. The van der Waals surface area contributed by atoms with Crippen molar-refractivity contribution in [3.05, 3.63) is 76.1 Å². The summed E-state index contributed by atoms with van der Waals surface area (Å²) in [5.74, 6) is -1.39. The standard InChI is InChI=1S/C20H17FN4O3/c1-11-6-7-16(21)15(8-11)17-10-18(25-20(28)24-17)19(27)23-14-5-3-4-13(9-14)22-12(2)26/h3-10H,1-2H3,(H,22,26)(H,23,27)(H,24,25,28). The normalized spacial score (nSPS) is 10.4. The summed E-state index contributed by atoms with van der Waals surface area (Å²) in [5.41, 5.74) is 1.07. The molecule has 0 bridgehead atoms. The Labute approximate surface area is 159 Å². The Morgan fingerprint density at radius 1 is 1.04 bits per heavy atom. The summed E-state index contributed by atoms with van der Waals surface area (Å²) in [5, 5.41) is 5.23. The maximum atomic E-state index is 14.1. The van der Waals surface area contributed by atoms with Crippen molar-refractivity contribution in [2.24, 2.45) is 0 Å². The fraction of sp³-hybridized carbons (Fsp3) is 0.100. The van der Waals surface area contributed by atoms with Gasteiger partial charge in [-0.2, -0.15) is 4.98 Å². The maximum Gasteiger partial charge on any atom is 0.346 e. The fourth-order valence-electron chi connectivity index (χ4n) is 2.63. The van der Waals surface area contributed by atoms with E-state index < -0.39 is 17.4 Å². The largest absolute Gasteiger partial charge is 0.346 e. The maximum absolute atomic E-state index is 14.1. The van der Waals surface area contributed by atoms with Crippen molar-refractivity contribution in [1.29, 1.82) is 0 Å². The van der Waals surface area contributed by atoms with Gasteiger partial charge in [-0.1, -0.05) is 17.7 Å². The number of aryl methyl sites for hydroxylation is 1. The van der Waals surface area contributed by atoms with E-state index in [1.54, 1.807) is 43.3 Å². The Kier molecular flexibility index (Phi) is 5.30. The first-order chi connectivity index (χ1) is 13.3. The lowest BCUT2D eigenvalue weighted by atomic mass is 10.1. The van der Waals surface area contributed by atoms with Gasteiger partial charge < -0.3 is 15.6 Å². The van der Waals surface area contributed by atoms with Crippen molar-refractivity contribution in [3.63, 3.8) is 0 Å². The van der Waals surface area contributed by atoms with E-state index >= 15 is 0 Å². The second-order valence-electron chi connectivity index (χ2n) is 6.18. The zero-order chi connectivity index (χ0) is 20.3. The van der Waals surface area contributed by atoms with E-state index in [0.717, 1.165) is 5.56 Å². The minimum absolute atomic E-state index is 0.0575. The van der Waals surface area contributed by atoms with Gasteiger partial charge in [-0.3, -0.25) is 9.59 Å². The molecule has 0 aliphatic heterocycles. The second-order valence-corrected chi connectivity index (χ2v) is 6.18. The lowest BCUT2D eigenvalue weighted by Gasteiger charge is -2.09. The van der Waals surface area contributed by atoms with Crippen molar-refractivity contribution in [2.45, 2.75) is 13.8 Å². The minimum Gasteiger partial charge on any atom is -0.326 e. The van der Waals surface area contributed by atoms with Crippen LogP contribution >= 0.6 is 0 Å². The van der Waals surface area contributed by atoms with Crippen LogP contribution < -0.4 is 16.3 Å². The first-order valence-corrected chi connectivity index (χ1v) is 8.39. The first-order valence-electron chi connectivity index (χ1n) is 8.39. The summed E-state index contributed by atoms with van der Waals surface area (Å²) in [7, 11) is 0. The number of amides is 2. The molecule has 8 heteroatoms. The quantitative estimate of drug-likeness (QED) is 0.647. The Hall–Kier alpha value is -3.81. The molecule has 3 rings (SSSR count). The van der Waals surface area contributed by atoms with E-state index in [-0.39, 0.29) is 22.9 Å². The molecule has 0 atom stereocenters. The van der Waals surface area contributed by atoms with Crippen LogP contribution in [0.25, 0.3) is 11.3 Å². The third-order valence-corrected chi connectivity index (χ3v) is 3.83. The average Bonchev–Trinajstić information content (AvgIpc) is 2.63. The van der Waals surface area contributed by atoms with Gasteiger partial charge in [0.15, 0.2) is 0 Å². The van der Waals surface area contributed by atoms with E-state index in [2.05, 4.69) is 20.6 Å². The monoisotopic (exact) mass is 380 g/mol. The molecule has 0 spiro atoms. The van der Waals surface area contributed by atoms with E-state index in [0.29, 0.717) is 11.4 Å². The third kappa shape index (κ3) is 4.47. The predicted molar refractivity (Wildman–Crippen MR) is 104 cm³/mol. The van der Waals surface area contributed by atoms with Crippen LogP contribution in [0.4, 0.5) is 15.8 Å². The number of H-pyrrole nitrogens is 1. The number of nitrogens with zero attached hydrogens (tertiary/aromatic N) is 1. The number of nitrogens with one attached hydrogen (secondary N) is 3. The van der Waals surface area contributed by atoms with E-state index in [1.807, 2.05) is 0 Å².